The zero-order valence-corrected chi connectivity index (χ0v) is 18.6. The maximum absolute atomic E-state index is 13.1. The second kappa shape index (κ2) is 8.53. The van der Waals surface area contributed by atoms with Crippen molar-refractivity contribution in [3.63, 3.8) is 0 Å². The minimum absolute atomic E-state index is 0.0708. The SMILES string of the molecule is COc1ccc(Cl)cc1/C(O)=C1\C(=O)C(=O)N(c2cccc(Br)c2)C1c1cccnc1. The molecular formula is C23H16BrClN2O4. The monoisotopic (exact) mass is 498 g/mol. The van der Waals surface area contributed by atoms with E-state index in [1.807, 2.05) is 6.07 Å². The Bertz CT molecular complexity index is 1210. The number of ketones is 1. The number of rotatable bonds is 4. The largest absolute Gasteiger partial charge is 0.507 e. The van der Waals surface area contributed by atoms with Crippen molar-refractivity contribution in [1.82, 2.24) is 4.98 Å². The Morgan fingerprint density at radius 2 is 1.97 bits per heavy atom. The lowest BCUT2D eigenvalue weighted by atomic mass is 9.96. The third-order valence-corrected chi connectivity index (χ3v) is 5.68. The van der Waals surface area contributed by atoms with Gasteiger partial charge in [0.15, 0.2) is 0 Å². The lowest BCUT2D eigenvalue weighted by Gasteiger charge is -2.25. The molecule has 1 aromatic heterocycles. The van der Waals surface area contributed by atoms with E-state index in [0.717, 1.165) is 4.47 Å². The summed E-state index contributed by atoms with van der Waals surface area (Å²) in [5.74, 6) is -1.62. The van der Waals surface area contributed by atoms with E-state index in [1.54, 1.807) is 54.9 Å². The fraction of sp³-hybridized carbons (Fsp3) is 0.0870. The van der Waals surface area contributed by atoms with Crippen LogP contribution in [-0.4, -0.2) is 28.9 Å². The summed E-state index contributed by atoms with van der Waals surface area (Å²) in [5.41, 5.74) is 1.22. The van der Waals surface area contributed by atoms with E-state index in [2.05, 4.69) is 20.9 Å². The number of nitrogens with zero attached hydrogens (tertiary/aromatic N) is 2. The number of aliphatic hydroxyl groups excluding tert-OH is 1. The fourth-order valence-corrected chi connectivity index (χ4v) is 4.15. The lowest BCUT2D eigenvalue weighted by Crippen LogP contribution is -2.29. The van der Waals surface area contributed by atoms with Gasteiger partial charge in [-0.1, -0.05) is 39.7 Å². The highest BCUT2D eigenvalue weighted by molar-refractivity contribution is 9.10. The Hall–Kier alpha value is -3.16. The second-order valence-electron chi connectivity index (χ2n) is 6.78. The van der Waals surface area contributed by atoms with E-state index in [9.17, 15) is 14.7 Å². The number of ether oxygens (including phenoxy) is 1. The molecule has 1 saturated heterocycles. The van der Waals surface area contributed by atoms with Crippen LogP contribution in [0, 0.1) is 0 Å². The van der Waals surface area contributed by atoms with Gasteiger partial charge in [-0.25, -0.2) is 0 Å². The van der Waals surface area contributed by atoms with Crippen molar-refractivity contribution in [2.24, 2.45) is 0 Å². The molecule has 2 aromatic carbocycles. The summed E-state index contributed by atoms with van der Waals surface area (Å²) in [5, 5.41) is 11.6. The van der Waals surface area contributed by atoms with Gasteiger partial charge in [0.1, 0.15) is 11.5 Å². The second-order valence-corrected chi connectivity index (χ2v) is 8.13. The Morgan fingerprint density at radius 3 is 2.65 bits per heavy atom. The first kappa shape index (κ1) is 21.1. The van der Waals surface area contributed by atoms with Gasteiger partial charge in [-0.15, -0.1) is 0 Å². The number of carbonyl (C=O) groups excluding carboxylic acids is 2. The van der Waals surface area contributed by atoms with E-state index in [-0.39, 0.29) is 16.9 Å². The van der Waals surface area contributed by atoms with Crippen LogP contribution in [0.2, 0.25) is 5.02 Å². The van der Waals surface area contributed by atoms with Gasteiger partial charge in [0.05, 0.1) is 24.3 Å². The molecule has 1 amide bonds. The van der Waals surface area contributed by atoms with Gasteiger partial charge in [0.25, 0.3) is 11.7 Å². The van der Waals surface area contributed by atoms with Crippen LogP contribution in [0.5, 0.6) is 5.75 Å². The maximum atomic E-state index is 13.1. The molecule has 3 aromatic rings. The summed E-state index contributed by atoms with van der Waals surface area (Å²) in [7, 11) is 1.44. The van der Waals surface area contributed by atoms with E-state index in [0.29, 0.717) is 22.0 Å². The average Bonchev–Trinajstić information content (AvgIpc) is 3.04. The third kappa shape index (κ3) is 3.82. The van der Waals surface area contributed by atoms with E-state index in [1.165, 1.54) is 18.1 Å². The van der Waals surface area contributed by atoms with Crippen LogP contribution >= 0.6 is 27.5 Å². The molecular weight excluding hydrogens is 484 g/mol. The van der Waals surface area contributed by atoms with Gasteiger partial charge >= 0.3 is 0 Å². The molecule has 0 saturated carbocycles. The van der Waals surface area contributed by atoms with Gasteiger partial charge in [-0.05, 0) is 48.0 Å². The van der Waals surface area contributed by atoms with Crippen LogP contribution in [-0.2, 0) is 9.59 Å². The van der Waals surface area contributed by atoms with Crippen LogP contribution in [0.3, 0.4) is 0 Å². The smallest absolute Gasteiger partial charge is 0.300 e. The molecule has 31 heavy (non-hydrogen) atoms. The van der Waals surface area contributed by atoms with Crippen LogP contribution in [0.4, 0.5) is 5.69 Å². The van der Waals surface area contributed by atoms with Crippen molar-refractivity contribution >= 4 is 50.7 Å². The molecule has 156 valence electrons. The standard InChI is InChI=1S/C23H16BrClN2O4/c1-31-18-8-7-15(25)11-17(18)21(28)19-20(13-4-3-9-26-12-13)27(23(30)22(19)29)16-6-2-5-14(24)10-16/h2-12,20,28H,1H3/b21-19+. The molecule has 0 spiro atoms. The van der Waals surface area contributed by atoms with Crippen molar-refractivity contribution < 1.29 is 19.4 Å². The van der Waals surface area contributed by atoms with Gasteiger partial charge in [0, 0.05) is 27.6 Å². The number of halogens is 2. The lowest BCUT2D eigenvalue weighted by molar-refractivity contribution is -0.132. The predicted octanol–water partition coefficient (Wildman–Crippen LogP) is 5.13. The molecule has 1 atom stereocenters. The number of aliphatic hydroxyl groups is 1. The minimum Gasteiger partial charge on any atom is -0.507 e. The molecule has 1 aliphatic heterocycles. The first-order valence-corrected chi connectivity index (χ1v) is 10.4. The fourth-order valence-electron chi connectivity index (χ4n) is 3.59. The van der Waals surface area contributed by atoms with Crippen LogP contribution in [0.15, 0.2) is 77.0 Å². The quantitative estimate of drug-likeness (QED) is 0.306. The first-order valence-electron chi connectivity index (χ1n) is 9.22. The van der Waals surface area contributed by atoms with Crippen molar-refractivity contribution in [2.75, 3.05) is 12.0 Å². The summed E-state index contributed by atoms with van der Waals surface area (Å²) >= 11 is 9.52. The number of aromatic nitrogens is 1. The Labute approximate surface area is 191 Å². The number of amides is 1. The van der Waals surface area contributed by atoms with Crippen molar-refractivity contribution in [3.05, 3.63) is 93.2 Å². The van der Waals surface area contributed by atoms with Gasteiger partial charge in [-0.3, -0.25) is 19.5 Å². The normalized spacial score (nSPS) is 17.8. The topological polar surface area (TPSA) is 79.7 Å². The first-order chi connectivity index (χ1) is 14.9. The van der Waals surface area contributed by atoms with Crippen LogP contribution < -0.4 is 9.64 Å². The molecule has 6 nitrogen and oxygen atoms in total. The molecule has 0 radical (unpaired) electrons. The highest BCUT2D eigenvalue weighted by Crippen LogP contribution is 2.43. The zero-order chi connectivity index (χ0) is 22.1. The highest BCUT2D eigenvalue weighted by Gasteiger charge is 2.47. The average molecular weight is 500 g/mol. The van der Waals surface area contributed by atoms with Gasteiger partial charge < -0.3 is 9.84 Å². The number of carbonyl (C=O) groups is 2. The molecule has 1 unspecified atom stereocenters. The van der Waals surface area contributed by atoms with Gasteiger partial charge in [0.2, 0.25) is 0 Å². The van der Waals surface area contributed by atoms with E-state index in [4.69, 9.17) is 16.3 Å². The molecule has 1 N–H and O–H groups in total. The summed E-state index contributed by atoms with van der Waals surface area (Å²) in [6.45, 7) is 0. The van der Waals surface area contributed by atoms with Crippen LogP contribution in [0.1, 0.15) is 17.2 Å². The Kier molecular flexibility index (Phi) is 5.80. The number of methoxy groups -OCH3 is 1. The highest BCUT2D eigenvalue weighted by atomic mass is 79.9. The summed E-state index contributed by atoms with van der Waals surface area (Å²) in [4.78, 5) is 31.7. The molecule has 1 fully saturated rings. The van der Waals surface area contributed by atoms with Gasteiger partial charge in [-0.2, -0.15) is 0 Å². The molecule has 8 heteroatoms. The zero-order valence-electron chi connectivity index (χ0n) is 16.3. The number of hydrogen-bond donors (Lipinski definition) is 1. The Balaban J connectivity index is 1.99. The number of Topliss-reactive ketones (excluding diaryl/α,β-unsaturated/α-hetero) is 1. The van der Waals surface area contributed by atoms with Crippen molar-refractivity contribution in [2.45, 2.75) is 6.04 Å². The molecule has 0 aliphatic carbocycles. The molecule has 4 rings (SSSR count). The van der Waals surface area contributed by atoms with Crippen LogP contribution in [0.25, 0.3) is 5.76 Å². The van der Waals surface area contributed by atoms with E-state index >= 15 is 0 Å². The predicted molar refractivity (Wildman–Crippen MR) is 121 cm³/mol. The number of hydrogen-bond acceptors (Lipinski definition) is 5. The third-order valence-electron chi connectivity index (χ3n) is 4.95. The van der Waals surface area contributed by atoms with E-state index < -0.39 is 17.7 Å². The number of benzene rings is 2. The molecule has 2 heterocycles. The minimum atomic E-state index is -0.883. The summed E-state index contributed by atoms with van der Waals surface area (Å²) in [6.07, 6.45) is 3.15. The molecule has 1 aliphatic rings. The number of pyridine rings is 1. The van der Waals surface area contributed by atoms with Crippen molar-refractivity contribution in [1.29, 1.82) is 0 Å². The summed E-state index contributed by atoms with van der Waals surface area (Å²) in [6, 6.07) is 14.3. The number of anilines is 1. The Morgan fingerprint density at radius 1 is 1.16 bits per heavy atom. The molecule has 0 bridgehead atoms. The maximum Gasteiger partial charge on any atom is 0.300 e. The van der Waals surface area contributed by atoms with Crippen molar-refractivity contribution in [3.8, 4) is 5.75 Å². The summed E-state index contributed by atoms with van der Waals surface area (Å²) < 4.78 is 6.07.